The molecule has 1 saturated heterocycles. The Kier molecular flexibility index (Phi) is 5.83. The van der Waals surface area contributed by atoms with E-state index in [2.05, 4.69) is 13.0 Å². The molecule has 1 fully saturated rings. The van der Waals surface area contributed by atoms with Crippen LogP contribution in [-0.4, -0.2) is 24.5 Å². The molecule has 1 aliphatic rings. The lowest BCUT2D eigenvalue weighted by Crippen LogP contribution is -2.26. The lowest BCUT2D eigenvalue weighted by molar-refractivity contribution is 0.128. The van der Waals surface area contributed by atoms with Crippen LogP contribution in [-0.2, 0) is 4.74 Å². The van der Waals surface area contributed by atoms with Crippen molar-refractivity contribution in [1.29, 1.82) is 0 Å². The Labute approximate surface area is 122 Å². The minimum Gasteiger partial charge on any atom is -0.377 e. The highest BCUT2D eigenvalue weighted by molar-refractivity contribution is 7.99. The number of rotatable bonds is 6. The first-order valence-electron chi connectivity index (χ1n) is 6.44. The molecule has 3 unspecified atom stereocenters. The number of nitrogens with two attached hydrogens (primary N) is 1. The molecule has 0 aliphatic carbocycles. The highest BCUT2D eigenvalue weighted by atomic mass is 35.5. The number of thioether (sulfide) groups is 1. The van der Waals surface area contributed by atoms with Gasteiger partial charge in [0.1, 0.15) is 0 Å². The minimum atomic E-state index is 0.186. The van der Waals surface area contributed by atoms with Gasteiger partial charge in [-0.2, -0.15) is 0 Å². The van der Waals surface area contributed by atoms with Crippen LogP contribution < -0.4 is 5.73 Å². The lowest BCUT2D eigenvalue weighted by atomic mass is 10.1. The third-order valence-corrected chi connectivity index (χ3v) is 6.21. The van der Waals surface area contributed by atoms with E-state index in [1.165, 1.54) is 17.7 Å². The number of ether oxygens (including phenoxy) is 1. The van der Waals surface area contributed by atoms with Crippen LogP contribution in [0.2, 0.25) is 4.34 Å². The van der Waals surface area contributed by atoms with Crippen molar-refractivity contribution in [3.05, 3.63) is 21.3 Å². The monoisotopic (exact) mass is 305 g/mol. The van der Waals surface area contributed by atoms with Gasteiger partial charge in [0.05, 0.1) is 15.7 Å². The SMILES string of the molecule is CCC(N)C(SCC1CCCO1)c1ccc(Cl)s1. The second-order valence-electron chi connectivity index (χ2n) is 4.60. The second kappa shape index (κ2) is 7.15. The van der Waals surface area contributed by atoms with Crippen molar-refractivity contribution in [2.45, 2.75) is 43.6 Å². The fourth-order valence-corrected chi connectivity index (χ4v) is 4.93. The molecule has 0 saturated carbocycles. The molecule has 1 aromatic heterocycles. The quantitative estimate of drug-likeness (QED) is 0.859. The van der Waals surface area contributed by atoms with E-state index in [9.17, 15) is 0 Å². The summed E-state index contributed by atoms with van der Waals surface area (Å²) in [5.41, 5.74) is 6.25. The molecule has 0 spiro atoms. The summed E-state index contributed by atoms with van der Waals surface area (Å²) in [5.74, 6) is 1.04. The number of thiophene rings is 1. The minimum absolute atomic E-state index is 0.186. The molecule has 2 N–H and O–H groups in total. The van der Waals surface area contributed by atoms with E-state index < -0.39 is 0 Å². The normalized spacial score (nSPS) is 23.2. The summed E-state index contributed by atoms with van der Waals surface area (Å²) in [6.07, 6.45) is 3.78. The molecule has 2 rings (SSSR count). The average Bonchev–Trinajstić information content (AvgIpc) is 3.01. The van der Waals surface area contributed by atoms with Crippen LogP contribution in [0.4, 0.5) is 0 Å². The van der Waals surface area contributed by atoms with Crippen molar-refractivity contribution >= 4 is 34.7 Å². The van der Waals surface area contributed by atoms with Crippen LogP contribution in [0, 0.1) is 0 Å². The Morgan fingerprint density at radius 2 is 2.44 bits per heavy atom. The van der Waals surface area contributed by atoms with Gasteiger partial charge in [0.25, 0.3) is 0 Å². The predicted molar refractivity (Wildman–Crippen MR) is 81.8 cm³/mol. The summed E-state index contributed by atoms with van der Waals surface area (Å²) in [4.78, 5) is 1.29. The maximum absolute atomic E-state index is 6.25. The average molecular weight is 306 g/mol. The van der Waals surface area contributed by atoms with Gasteiger partial charge < -0.3 is 10.5 Å². The molecular formula is C13H20ClNOS2. The Balaban J connectivity index is 1.96. The molecule has 3 atom stereocenters. The molecule has 0 bridgehead atoms. The topological polar surface area (TPSA) is 35.2 Å². The molecule has 0 aromatic carbocycles. The van der Waals surface area contributed by atoms with Gasteiger partial charge in [-0.15, -0.1) is 23.1 Å². The molecule has 0 amide bonds. The Hall–Kier alpha value is 0.260. The van der Waals surface area contributed by atoms with E-state index in [-0.39, 0.29) is 6.04 Å². The summed E-state index contributed by atoms with van der Waals surface area (Å²) >= 11 is 9.59. The third kappa shape index (κ3) is 3.87. The van der Waals surface area contributed by atoms with Gasteiger partial charge in [-0.25, -0.2) is 0 Å². The molecule has 1 aromatic rings. The van der Waals surface area contributed by atoms with Gasteiger partial charge in [-0.05, 0) is 31.4 Å². The Bertz CT molecular complexity index is 366. The fraction of sp³-hybridized carbons (Fsp3) is 0.692. The van der Waals surface area contributed by atoms with Crippen LogP contribution in [0.5, 0.6) is 0 Å². The molecule has 0 radical (unpaired) electrons. The van der Waals surface area contributed by atoms with E-state index >= 15 is 0 Å². The van der Waals surface area contributed by atoms with E-state index in [4.69, 9.17) is 22.1 Å². The largest absolute Gasteiger partial charge is 0.377 e. The van der Waals surface area contributed by atoms with Crippen molar-refractivity contribution < 1.29 is 4.74 Å². The lowest BCUT2D eigenvalue weighted by Gasteiger charge is -2.22. The third-order valence-electron chi connectivity index (χ3n) is 3.22. The van der Waals surface area contributed by atoms with Gasteiger partial charge in [0, 0.05) is 23.3 Å². The fourth-order valence-electron chi connectivity index (χ4n) is 2.10. The van der Waals surface area contributed by atoms with Gasteiger partial charge in [0.2, 0.25) is 0 Å². The van der Waals surface area contributed by atoms with E-state index in [0.29, 0.717) is 11.4 Å². The number of halogens is 1. The molecule has 2 heterocycles. The van der Waals surface area contributed by atoms with Crippen LogP contribution in [0.15, 0.2) is 12.1 Å². The van der Waals surface area contributed by atoms with Crippen molar-refractivity contribution in [3.63, 3.8) is 0 Å². The van der Waals surface area contributed by atoms with Gasteiger partial charge in [-0.3, -0.25) is 0 Å². The standard InChI is InChI=1S/C13H20ClNOS2/c1-2-10(15)13(11-5-6-12(14)18-11)17-8-9-4-3-7-16-9/h5-6,9-10,13H,2-4,7-8,15H2,1H3. The number of hydrogen-bond acceptors (Lipinski definition) is 4. The van der Waals surface area contributed by atoms with Gasteiger partial charge in [-0.1, -0.05) is 18.5 Å². The van der Waals surface area contributed by atoms with Crippen LogP contribution >= 0.6 is 34.7 Å². The zero-order valence-electron chi connectivity index (χ0n) is 10.6. The van der Waals surface area contributed by atoms with Crippen molar-refractivity contribution in [2.24, 2.45) is 5.73 Å². The van der Waals surface area contributed by atoms with Crippen LogP contribution in [0.3, 0.4) is 0 Å². The van der Waals surface area contributed by atoms with Crippen molar-refractivity contribution in [1.82, 2.24) is 0 Å². The van der Waals surface area contributed by atoms with Crippen molar-refractivity contribution in [2.75, 3.05) is 12.4 Å². The zero-order chi connectivity index (χ0) is 13.0. The Morgan fingerprint density at radius 3 is 3.00 bits per heavy atom. The van der Waals surface area contributed by atoms with E-state index in [0.717, 1.165) is 23.1 Å². The first kappa shape index (κ1) is 14.7. The zero-order valence-corrected chi connectivity index (χ0v) is 13.0. The maximum atomic E-state index is 6.25. The summed E-state index contributed by atoms with van der Waals surface area (Å²) in [5, 5.41) is 0.344. The highest BCUT2D eigenvalue weighted by Crippen LogP contribution is 2.39. The summed E-state index contributed by atoms with van der Waals surface area (Å²) in [7, 11) is 0. The summed E-state index contributed by atoms with van der Waals surface area (Å²) in [6.45, 7) is 3.06. The van der Waals surface area contributed by atoms with Crippen molar-refractivity contribution in [3.8, 4) is 0 Å². The molecular weight excluding hydrogens is 286 g/mol. The van der Waals surface area contributed by atoms with Crippen LogP contribution in [0.25, 0.3) is 0 Å². The predicted octanol–water partition coefficient (Wildman–Crippen LogP) is 4.09. The van der Waals surface area contributed by atoms with E-state index in [1.54, 1.807) is 11.3 Å². The maximum Gasteiger partial charge on any atom is 0.0931 e. The highest BCUT2D eigenvalue weighted by Gasteiger charge is 2.24. The molecule has 18 heavy (non-hydrogen) atoms. The first-order chi connectivity index (χ1) is 8.70. The molecule has 1 aliphatic heterocycles. The van der Waals surface area contributed by atoms with E-state index in [1.807, 2.05) is 17.8 Å². The Morgan fingerprint density at radius 1 is 1.61 bits per heavy atom. The smallest absolute Gasteiger partial charge is 0.0931 e. The number of hydrogen-bond donors (Lipinski definition) is 1. The molecule has 5 heteroatoms. The van der Waals surface area contributed by atoms with Gasteiger partial charge in [0.15, 0.2) is 0 Å². The summed E-state index contributed by atoms with van der Waals surface area (Å²) in [6, 6.07) is 4.25. The first-order valence-corrected chi connectivity index (χ1v) is 8.69. The second-order valence-corrected chi connectivity index (χ2v) is 7.52. The van der Waals surface area contributed by atoms with Crippen LogP contribution in [0.1, 0.15) is 36.3 Å². The molecule has 2 nitrogen and oxygen atoms in total. The summed E-state index contributed by atoms with van der Waals surface area (Å²) < 4.78 is 6.52. The van der Waals surface area contributed by atoms with Gasteiger partial charge >= 0.3 is 0 Å². The molecule has 102 valence electrons.